The molecule has 1 fully saturated rings. The zero-order valence-corrected chi connectivity index (χ0v) is 11.0. The Balaban J connectivity index is 2.03. The van der Waals surface area contributed by atoms with Gasteiger partial charge in [0.05, 0.1) is 6.07 Å². The van der Waals surface area contributed by atoms with E-state index in [1.807, 2.05) is 0 Å². The lowest BCUT2D eigenvalue weighted by molar-refractivity contribution is 0.492. The number of hydrogen-bond acceptors (Lipinski definition) is 3. The van der Waals surface area contributed by atoms with E-state index in [0.29, 0.717) is 6.04 Å². The summed E-state index contributed by atoms with van der Waals surface area (Å²) in [6, 6.07) is 11.0. The van der Waals surface area contributed by atoms with Gasteiger partial charge in [0, 0.05) is 10.9 Å². The van der Waals surface area contributed by atoms with E-state index in [9.17, 15) is 5.26 Å². The molecule has 90 valence electrons. The van der Waals surface area contributed by atoms with Crippen LogP contribution in [0.15, 0.2) is 29.2 Å². The Labute approximate surface area is 107 Å². The molecule has 0 bridgehead atoms. The second kappa shape index (κ2) is 6.09. The molecule has 0 radical (unpaired) electrons. The lowest BCUT2D eigenvalue weighted by atomic mass is 10.1. The monoisotopic (exact) mass is 246 g/mol. The van der Waals surface area contributed by atoms with Crippen molar-refractivity contribution in [1.82, 2.24) is 5.32 Å². The van der Waals surface area contributed by atoms with Gasteiger partial charge in [-0.25, -0.2) is 0 Å². The van der Waals surface area contributed by atoms with Gasteiger partial charge in [-0.05, 0) is 36.8 Å². The van der Waals surface area contributed by atoms with E-state index in [0.717, 1.165) is 5.56 Å². The van der Waals surface area contributed by atoms with Crippen LogP contribution in [0.2, 0.25) is 0 Å². The van der Waals surface area contributed by atoms with Gasteiger partial charge in [0.2, 0.25) is 0 Å². The number of nitrogens with zero attached hydrogens (tertiary/aromatic N) is 1. The first-order valence-electron chi connectivity index (χ1n) is 6.13. The Hall–Kier alpha value is -0.980. The van der Waals surface area contributed by atoms with E-state index >= 15 is 0 Å². The molecule has 0 aromatic heterocycles. The number of thioether (sulfide) groups is 1. The molecule has 1 unspecified atom stereocenters. The van der Waals surface area contributed by atoms with Crippen LogP contribution in [0.25, 0.3) is 0 Å². The number of hydrogen-bond donors (Lipinski definition) is 1. The van der Waals surface area contributed by atoms with Crippen molar-refractivity contribution in [2.24, 2.45) is 0 Å². The molecule has 0 spiro atoms. The van der Waals surface area contributed by atoms with Crippen molar-refractivity contribution in [2.45, 2.75) is 42.7 Å². The molecular weight excluding hydrogens is 228 g/mol. The fourth-order valence-corrected chi connectivity index (χ4v) is 2.74. The highest BCUT2D eigenvalue weighted by Crippen LogP contribution is 2.23. The Morgan fingerprint density at radius 3 is 2.47 bits per heavy atom. The molecule has 1 aliphatic carbocycles. The molecule has 17 heavy (non-hydrogen) atoms. The van der Waals surface area contributed by atoms with E-state index in [2.05, 4.69) is 41.9 Å². The topological polar surface area (TPSA) is 35.8 Å². The van der Waals surface area contributed by atoms with Crippen molar-refractivity contribution in [2.75, 3.05) is 6.26 Å². The fraction of sp³-hybridized carbons (Fsp3) is 0.500. The van der Waals surface area contributed by atoms with Gasteiger partial charge < -0.3 is 0 Å². The van der Waals surface area contributed by atoms with E-state index in [1.165, 1.54) is 30.6 Å². The van der Waals surface area contributed by atoms with Crippen LogP contribution in [-0.4, -0.2) is 12.3 Å². The van der Waals surface area contributed by atoms with Gasteiger partial charge in [-0.15, -0.1) is 11.8 Å². The van der Waals surface area contributed by atoms with Gasteiger partial charge in [-0.1, -0.05) is 25.0 Å². The third kappa shape index (κ3) is 3.24. The molecule has 1 aromatic carbocycles. The fourth-order valence-electron chi connectivity index (χ4n) is 2.33. The Morgan fingerprint density at radius 1 is 1.29 bits per heavy atom. The molecular formula is C14H18N2S. The minimum absolute atomic E-state index is 0.158. The summed E-state index contributed by atoms with van der Waals surface area (Å²) in [5, 5.41) is 12.7. The molecule has 0 amide bonds. The van der Waals surface area contributed by atoms with Crippen LogP contribution in [-0.2, 0) is 0 Å². The second-order valence-corrected chi connectivity index (χ2v) is 5.36. The minimum Gasteiger partial charge on any atom is -0.295 e. The average Bonchev–Trinajstić information content (AvgIpc) is 2.89. The minimum atomic E-state index is -0.158. The first-order chi connectivity index (χ1) is 8.33. The number of benzene rings is 1. The Morgan fingerprint density at radius 2 is 1.94 bits per heavy atom. The third-order valence-corrected chi connectivity index (χ3v) is 4.08. The zero-order chi connectivity index (χ0) is 12.1. The summed E-state index contributed by atoms with van der Waals surface area (Å²) in [5.74, 6) is 0. The molecule has 2 rings (SSSR count). The predicted molar refractivity (Wildman–Crippen MR) is 72.0 cm³/mol. The smallest absolute Gasteiger partial charge is 0.121 e. The maximum absolute atomic E-state index is 9.25. The SMILES string of the molecule is CSc1ccc(C(C#N)NC2CCCC2)cc1. The van der Waals surface area contributed by atoms with Crippen LogP contribution in [0.3, 0.4) is 0 Å². The van der Waals surface area contributed by atoms with E-state index in [4.69, 9.17) is 0 Å². The second-order valence-electron chi connectivity index (χ2n) is 4.48. The van der Waals surface area contributed by atoms with Gasteiger partial charge in [-0.2, -0.15) is 5.26 Å². The van der Waals surface area contributed by atoms with Crippen LogP contribution in [0.4, 0.5) is 0 Å². The molecule has 1 N–H and O–H groups in total. The van der Waals surface area contributed by atoms with Crippen LogP contribution >= 0.6 is 11.8 Å². The van der Waals surface area contributed by atoms with Crippen molar-refractivity contribution in [3.63, 3.8) is 0 Å². The maximum Gasteiger partial charge on any atom is 0.121 e. The summed E-state index contributed by atoms with van der Waals surface area (Å²) in [6.45, 7) is 0. The highest BCUT2D eigenvalue weighted by atomic mass is 32.2. The highest BCUT2D eigenvalue weighted by molar-refractivity contribution is 7.98. The molecule has 0 saturated heterocycles. The predicted octanol–water partition coefficient (Wildman–Crippen LogP) is 3.51. The van der Waals surface area contributed by atoms with Crippen LogP contribution < -0.4 is 5.32 Å². The van der Waals surface area contributed by atoms with Crippen LogP contribution in [0, 0.1) is 11.3 Å². The lowest BCUT2D eigenvalue weighted by Gasteiger charge is -2.17. The summed E-state index contributed by atoms with van der Waals surface area (Å²) in [4.78, 5) is 1.24. The van der Waals surface area contributed by atoms with Crippen molar-refractivity contribution >= 4 is 11.8 Å². The highest BCUT2D eigenvalue weighted by Gasteiger charge is 2.19. The molecule has 1 atom stereocenters. The van der Waals surface area contributed by atoms with Crippen molar-refractivity contribution < 1.29 is 0 Å². The maximum atomic E-state index is 9.25. The van der Waals surface area contributed by atoms with E-state index in [-0.39, 0.29) is 6.04 Å². The lowest BCUT2D eigenvalue weighted by Crippen LogP contribution is -2.29. The van der Waals surface area contributed by atoms with Crippen molar-refractivity contribution in [3.05, 3.63) is 29.8 Å². The van der Waals surface area contributed by atoms with Gasteiger partial charge in [0.15, 0.2) is 0 Å². The average molecular weight is 246 g/mol. The van der Waals surface area contributed by atoms with Gasteiger partial charge in [0.1, 0.15) is 6.04 Å². The van der Waals surface area contributed by atoms with Gasteiger partial charge in [0.25, 0.3) is 0 Å². The molecule has 1 aromatic rings. The molecule has 1 aliphatic rings. The number of nitriles is 1. The largest absolute Gasteiger partial charge is 0.295 e. The quantitative estimate of drug-likeness (QED) is 0.826. The molecule has 3 heteroatoms. The summed E-state index contributed by atoms with van der Waals surface area (Å²) in [5.41, 5.74) is 1.08. The van der Waals surface area contributed by atoms with Crippen molar-refractivity contribution in [3.8, 4) is 6.07 Å². The first kappa shape index (κ1) is 12.5. The Bertz CT molecular complexity index is 388. The van der Waals surface area contributed by atoms with E-state index < -0.39 is 0 Å². The number of nitrogens with one attached hydrogen (secondary N) is 1. The van der Waals surface area contributed by atoms with Crippen molar-refractivity contribution in [1.29, 1.82) is 5.26 Å². The van der Waals surface area contributed by atoms with Gasteiger partial charge >= 0.3 is 0 Å². The third-order valence-electron chi connectivity index (χ3n) is 3.34. The van der Waals surface area contributed by atoms with Crippen LogP contribution in [0.1, 0.15) is 37.3 Å². The Kier molecular flexibility index (Phi) is 4.47. The molecule has 1 saturated carbocycles. The van der Waals surface area contributed by atoms with E-state index in [1.54, 1.807) is 11.8 Å². The molecule has 0 aliphatic heterocycles. The zero-order valence-electron chi connectivity index (χ0n) is 10.1. The summed E-state index contributed by atoms with van der Waals surface area (Å²) < 4.78 is 0. The first-order valence-corrected chi connectivity index (χ1v) is 7.35. The van der Waals surface area contributed by atoms with Gasteiger partial charge in [-0.3, -0.25) is 5.32 Å². The molecule has 0 heterocycles. The normalized spacial score (nSPS) is 17.9. The summed E-state index contributed by atoms with van der Waals surface area (Å²) in [6.07, 6.45) is 7.07. The summed E-state index contributed by atoms with van der Waals surface area (Å²) >= 11 is 1.73. The summed E-state index contributed by atoms with van der Waals surface area (Å²) in [7, 11) is 0. The molecule has 2 nitrogen and oxygen atoms in total. The number of rotatable bonds is 4. The van der Waals surface area contributed by atoms with Crippen LogP contribution in [0.5, 0.6) is 0 Å². The standard InChI is InChI=1S/C14H18N2S/c1-17-13-8-6-11(7-9-13)14(10-15)16-12-4-2-3-5-12/h6-9,12,14,16H,2-5H2,1H3.